The molecule has 2 rings (SSSR count). The Kier molecular flexibility index (Phi) is 3.86. The van der Waals surface area contributed by atoms with E-state index >= 15 is 0 Å². The molecule has 0 aliphatic rings. The zero-order valence-corrected chi connectivity index (χ0v) is 11.5. The molecule has 0 aliphatic carbocycles. The Bertz CT molecular complexity index is 585. The van der Waals surface area contributed by atoms with Gasteiger partial charge in [0.2, 0.25) is 0 Å². The van der Waals surface area contributed by atoms with Gasteiger partial charge in [-0.2, -0.15) is 0 Å². The summed E-state index contributed by atoms with van der Waals surface area (Å²) in [5, 5.41) is 0. The second-order valence-electron chi connectivity index (χ2n) is 4.65. The number of hydrogen-bond donors (Lipinski definition) is 1. The van der Waals surface area contributed by atoms with Crippen molar-refractivity contribution in [2.75, 3.05) is 7.11 Å². The predicted octanol–water partition coefficient (Wildman–Crippen LogP) is 3.58. The van der Waals surface area contributed by atoms with Gasteiger partial charge in [-0.3, -0.25) is 0 Å². The Morgan fingerprint density at radius 1 is 1.05 bits per heavy atom. The van der Waals surface area contributed by atoms with Crippen molar-refractivity contribution < 1.29 is 9.13 Å². The van der Waals surface area contributed by atoms with Gasteiger partial charge in [0.15, 0.2) is 0 Å². The zero-order valence-electron chi connectivity index (χ0n) is 11.5. The summed E-state index contributed by atoms with van der Waals surface area (Å²) < 4.78 is 19.1. The molecule has 100 valence electrons. The highest BCUT2D eigenvalue weighted by molar-refractivity contribution is 5.67. The van der Waals surface area contributed by atoms with E-state index in [-0.39, 0.29) is 12.4 Å². The lowest BCUT2D eigenvalue weighted by Crippen LogP contribution is -1.99. The van der Waals surface area contributed by atoms with Crippen LogP contribution >= 0.6 is 0 Å². The summed E-state index contributed by atoms with van der Waals surface area (Å²) in [6.45, 7) is 4.19. The Balaban J connectivity index is 2.50. The molecule has 2 aromatic carbocycles. The number of hydrogen-bond acceptors (Lipinski definition) is 2. The largest absolute Gasteiger partial charge is 0.496 e. The van der Waals surface area contributed by atoms with Gasteiger partial charge in [-0.05, 0) is 54.3 Å². The third-order valence-corrected chi connectivity index (χ3v) is 3.27. The summed E-state index contributed by atoms with van der Waals surface area (Å²) in [6.07, 6.45) is 0. The van der Waals surface area contributed by atoms with Crippen LogP contribution in [0.5, 0.6) is 5.75 Å². The summed E-state index contributed by atoms with van der Waals surface area (Å²) >= 11 is 0. The number of rotatable bonds is 3. The molecule has 0 spiro atoms. The van der Waals surface area contributed by atoms with E-state index in [1.807, 2.05) is 32.0 Å². The smallest absolute Gasteiger partial charge is 0.128 e. The number of ether oxygens (including phenoxy) is 1. The number of benzene rings is 2. The molecule has 2 N–H and O–H groups in total. The highest BCUT2D eigenvalue weighted by Crippen LogP contribution is 2.30. The normalized spacial score (nSPS) is 10.6. The monoisotopic (exact) mass is 259 g/mol. The van der Waals surface area contributed by atoms with Gasteiger partial charge in [-0.25, -0.2) is 4.39 Å². The second kappa shape index (κ2) is 5.41. The minimum Gasteiger partial charge on any atom is -0.496 e. The molecule has 2 nitrogen and oxygen atoms in total. The van der Waals surface area contributed by atoms with Crippen LogP contribution in [0.2, 0.25) is 0 Å². The Labute approximate surface area is 113 Å². The molecule has 0 aromatic heterocycles. The molecule has 0 saturated carbocycles. The van der Waals surface area contributed by atoms with Crippen molar-refractivity contribution >= 4 is 0 Å². The van der Waals surface area contributed by atoms with Crippen molar-refractivity contribution in [3.05, 3.63) is 52.8 Å². The first-order chi connectivity index (χ1) is 9.06. The number of halogens is 1. The van der Waals surface area contributed by atoms with Crippen LogP contribution in [0.3, 0.4) is 0 Å². The van der Waals surface area contributed by atoms with E-state index in [4.69, 9.17) is 10.5 Å². The van der Waals surface area contributed by atoms with Gasteiger partial charge in [0.1, 0.15) is 11.6 Å². The molecule has 0 bridgehead atoms. The summed E-state index contributed by atoms with van der Waals surface area (Å²) in [4.78, 5) is 0. The SMILES string of the molecule is COc1c(C)cc(-c2ccc(CN)c(F)c2)cc1C. The van der Waals surface area contributed by atoms with Crippen LogP contribution in [0.4, 0.5) is 4.39 Å². The van der Waals surface area contributed by atoms with Crippen molar-refractivity contribution in [2.24, 2.45) is 5.73 Å². The summed E-state index contributed by atoms with van der Waals surface area (Å²) in [5.74, 6) is 0.619. The van der Waals surface area contributed by atoms with Crippen LogP contribution in [0.1, 0.15) is 16.7 Å². The number of nitrogens with two attached hydrogens (primary N) is 1. The molecule has 0 unspecified atom stereocenters. The van der Waals surface area contributed by atoms with E-state index < -0.39 is 0 Å². The fraction of sp³-hybridized carbons (Fsp3) is 0.250. The summed E-state index contributed by atoms with van der Waals surface area (Å²) in [5.41, 5.74) is 9.92. The predicted molar refractivity (Wildman–Crippen MR) is 75.8 cm³/mol. The van der Waals surface area contributed by atoms with Crippen molar-refractivity contribution in [1.82, 2.24) is 0 Å². The maximum atomic E-state index is 13.8. The van der Waals surface area contributed by atoms with Gasteiger partial charge < -0.3 is 10.5 Å². The first kappa shape index (κ1) is 13.6. The van der Waals surface area contributed by atoms with E-state index in [2.05, 4.69) is 0 Å². The van der Waals surface area contributed by atoms with Gasteiger partial charge in [-0.1, -0.05) is 12.1 Å². The van der Waals surface area contributed by atoms with E-state index in [9.17, 15) is 4.39 Å². The highest BCUT2D eigenvalue weighted by atomic mass is 19.1. The lowest BCUT2D eigenvalue weighted by molar-refractivity contribution is 0.408. The molecule has 0 amide bonds. The third kappa shape index (κ3) is 2.61. The maximum absolute atomic E-state index is 13.8. The summed E-state index contributed by atoms with van der Waals surface area (Å²) in [6, 6.07) is 9.17. The second-order valence-corrected chi connectivity index (χ2v) is 4.65. The molecular formula is C16H18FNO. The van der Waals surface area contributed by atoms with Gasteiger partial charge in [0.25, 0.3) is 0 Å². The fourth-order valence-corrected chi connectivity index (χ4v) is 2.33. The van der Waals surface area contributed by atoms with Gasteiger partial charge in [0, 0.05) is 12.1 Å². The maximum Gasteiger partial charge on any atom is 0.128 e. The topological polar surface area (TPSA) is 35.2 Å². The average Bonchev–Trinajstić information content (AvgIpc) is 2.38. The molecule has 0 radical (unpaired) electrons. The first-order valence-electron chi connectivity index (χ1n) is 6.21. The molecule has 0 atom stereocenters. The van der Waals surface area contributed by atoms with Crippen LogP contribution in [-0.2, 0) is 6.54 Å². The van der Waals surface area contributed by atoms with Crippen LogP contribution in [-0.4, -0.2) is 7.11 Å². The Morgan fingerprint density at radius 3 is 2.16 bits per heavy atom. The molecule has 2 aromatic rings. The Hall–Kier alpha value is -1.87. The van der Waals surface area contributed by atoms with Crippen molar-refractivity contribution in [3.8, 4) is 16.9 Å². The quantitative estimate of drug-likeness (QED) is 0.914. The number of aryl methyl sites for hydroxylation is 2. The van der Waals surface area contributed by atoms with Crippen LogP contribution in [0.15, 0.2) is 30.3 Å². The molecule has 0 fully saturated rings. The highest BCUT2D eigenvalue weighted by Gasteiger charge is 2.08. The first-order valence-corrected chi connectivity index (χ1v) is 6.21. The van der Waals surface area contributed by atoms with E-state index in [1.54, 1.807) is 13.2 Å². The van der Waals surface area contributed by atoms with E-state index in [0.29, 0.717) is 5.56 Å². The van der Waals surface area contributed by atoms with Crippen LogP contribution in [0.25, 0.3) is 11.1 Å². The molecule has 0 heterocycles. The Morgan fingerprint density at radius 2 is 1.68 bits per heavy atom. The van der Waals surface area contributed by atoms with Gasteiger partial charge in [0.05, 0.1) is 7.11 Å². The van der Waals surface area contributed by atoms with Crippen molar-refractivity contribution in [3.63, 3.8) is 0 Å². The minimum atomic E-state index is -0.258. The molecule has 19 heavy (non-hydrogen) atoms. The molecular weight excluding hydrogens is 241 g/mol. The van der Waals surface area contributed by atoms with Crippen molar-refractivity contribution in [2.45, 2.75) is 20.4 Å². The van der Waals surface area contributed by atoms with Gasteiger partial charge >= 0.3 is 0 Å². The van der Waals surface area contributed by atoms with E-state index in [1.165, 1.54) is 6.07 Å². The lowest BCUT2D eigenvalue weighted by Gasteiger charge is -2.12. The molecule has 0 aliphatic heterocycles. The third-order valence-electron chi connectivity index (χ3n) is 3.27. The van der Waals surface area contributed by atoms with Crippen LogP contribution < -0.4 is 10.5 Å². The molecule has 0 saturated heterocycles. The zero-order chi connectivity index (χ0) is 14.0. The summed E-state index contributed by atoms with van der Waals surface area (Å²) in [7, 11) is 1.66. The lowest BCUT2D eigenvalue weighted by atomic mass is 9.98. The standard InChI is InChI=1S/C16H18FNO/c1-10-6-14(7-11(2)16(10)19-3)12-4-5-13(9-18)15(17)8-12/h4-8H,9,18H2,1-3H3. The average molecular weight is 259 g/mol. The fourth-order valence-electron chi connectivity index (χ4n) is 2.33. The van der Waals surface area contributed by atoms with E-state index in [0.717, 1.165) is 28.0 Å². The number of methoxy groups -OCH3 is 1. The van der Waals surface area contributed by atoms with Gasteiger partial charge in [-0.15, -0.1) is 0 Å². The molecule has 3 heteroatoms. The van der Waals surface area contributed by atoms with Crippen LogP contribution in [0, 0.1) is 19.7 Å². The van der Waals surface area contributed by atoms with Crippen molar-refractivity contribution in [1.29, 1.82) is 0 Å². The minimum absolute atomic E-state index is 0.215.